The van der Waals surface area contributed by atoms with Crippen LogP contribution in [-0.4, -0.2) is 41.4 Å². The molecule has 0 radical (unpaired) electrons. The number of methoxy groups -OCH3 is 1. The molecule has 0 spiro atoms. The van der Waals surface area contributed by atoms with E-state index < -0.39 is 35.7 Å². The molecule has 1 atom stereocenters. The fourth-order valence-corrected chi connectivity index (χ4v) is 4.22. The number of carbonyl (C=O) groups is 4. The summed E-state index contributed by atoms with van der Waals surface area (Å²) in [5.74, 6) is -3.22. The van der Waals surface area contributed by atoms with Crippen LogP contribution in [-0.2, 0) is 9.59 Å². The van der Waals surface area contributed by atoms with Gasteiger partial charge in [0, 0.05) is 11.3 Å². The molecule has 0 aliphatic carbocycles. The van der Waals surface area contributed by atoms with Crippen molar-refractivity contribution < 1.29 is 29.0 Å². The van der Waals surface area contributed by atoms with Crippen LogP contribution in [0.4, 0.5) is 16.2 Å². The summed E-state index contributed by atoms with van der Waals surface area (Å²) in [5, 5.41) is 15.1. The Bertz CT molecular complexity index is 1390. The summed E-state index contributed by atoms with van der Waals surface area (Å²) in [6, 6.07) is 14.7. The minimum Gasteiger partial charge on any atom is -0.497 e. The van der Waals surface area contributed by atoms with Gasteiger partial charge in [0.05, 0.1) is 19.2 Å². The summed E-state index contributed by atoms with van der Waals surface area (Å²) in [4.78, 5) is 49.9. The number of carboxylic acids is 1. The molecule has 0 aliphatic heterocycles. The van der Waals surface area contributed by atoms with E-state index in [1.807, 2.05) is 32.9 Å². The Morgan fingerprint density at radius 1 is 0.895 bits per heavy atom. The van der Waals surface area contributed by atoms with Crippen LogP contribution in [0, 0.1) is 20.8 Å². The lowest BCUT2D eigenvalue weighted by Gasteiger charge is -2.23. The van der Waals surface area contributed by atoms with Gasteiger partial charge in [0.1, 0.15) is 5.75 Å². The predicted octanol–water partition coefficient (Wildman–Crippen LogP) is 3.77. The fourth-order valence-electron chi connectivity index (χ4n) is 4.22. The largest absolute Gasteiger partial charge is 0.497 e. The summed E-state index contributed by atoms with van der Waals surface area (Å²) in [6.45, 7) is 5.66. The standard InChI is InChI=1S/C28H30N4O6/c1-15-11-16(2)24(17(3)12-15)32-27(37)31-22-13-19(18-5-8-20(38-4)9-6-18)7-10-21(22)25(34)28(30,26(35)36)14-23(29)33/h5-13H,14,30H2,1-4H3,(H2,29,33)(H,35,36)(H2,31,32,37)/t28-/m1/s1. The van der Waals surface area contributed by atoms with Gasteiger partial charge < -0.3 is 31.9 Å². The quantitative estimate of drug-likeness (QED) is 0.212. The molecular weight excluding hydrogens is 488 g/mol. The van der Waals surface area contributed by atoms with E-state index in [0.29, 0.717) is 17.0 Å². The van der Waals surface area contributed by atoms with E-state index in [2.05, 4.69) is 10.6 Å². The highest BCUT2D eigenvalue weighted by molar-refractivity contribution is 6.21. The van der Waals surface area contributed by atoms with Crippen molar-refractivity contribution in [2.45, 2.75) is 32.7 Å². The van der Waals surface area contributed by atoms with E-state index in [4.69, 9.17) is 16.2 Å². The zero-order valence-electron chi connectivity index (χ0n) is 21.5. The minimum atomic E-state index is -2.62. The second kappa shape index (κ2) is 11.1. The van der Waals surface area contributed by atoms with Crippen LogP contribution in [0.3, 0.4) is 0 Å². The molecule has 0 bridgehead atoms. The molecular formula is C28H30N4O6. The summed E-state index contributed by atoms with van der Waals surface area (Å²) in [6.07, 6.45) is -0.922. The van der Waals surface area contributed by atoms with E-state index in [-0.39, 0.29) is 11.3 Å². The molecule has 198 valence electrons. The number of urea groups is 1. The summed E-state index contributed by atoms with van der Waals surface area (Å²) in [5.41, 5.74) is 12.9. The maximum absolute atomic E-state index is 13.4. The third kappa shape index (κ3) is 5.98. The Morgan fingerprint density at radius 3 is 2.00 bits per heavy atom. The summed E-state index contributed by atoms with van der Waals surface area (Å²) in [7, 11) is 1.54. The van der Waals surface area contributed by atoms with Gasteiger partial charge in [-0.05, 0) is 67.3 Å². The Kier molecular flexibility index (Phi) is 8.17. The molecule has 38 heavy (non-hydrogen) atoms. The third-order valence-electron chi connectivity index (χ3n) is 6.09. The van der Waals surface area contributed by atoms with Gasteiger partial charge in [0.2, 0.25) is 5.91 Å². The highest BCUT2D eigenvalue weighted by Crippen LogP contribution is 2.30. The highest BCUT2D eigenvalue weighted by Gasteiger charge is 2.45. The lowest BCUT2D eigenvalue weighted by molar-refractivity contribution is -0.143. The van der Waals surface area contributed by atoms with Gasteiger partial charge in [0.25, 0.3) is 0 Å². The number of Topliss-reactive ketones (excluding diaryl/α,β-unsaturated/α-hetero) is 1. The van der Waals surface area contributed by atoms with Crippen molar-refractivity contribution in [2.75, 3.05) is 17.7 Å². The molecule has 0 heterocycles. The number of ether oxygens (including phenoxy) is 1. The number of carbonyl (C=O) groups excluding carboxylic acids is 3. The highest BCUT2D eigenvalue weighted by atomic mass is 16.5. The van der Waals surface area contributed by atoms with Crippen molar-refractivity contribution >= 4 is 35.1 Å². The zero-order valence-corrected chi connectivity index (χ0v) is 21.5. The molecule has 3 aromatic carbocycles. The topological polar surface area (TPSA) is 174 Å². The Balaban J connectivity index is 2.07. The van der Waals surface area contributed by atoms with E-state index in [9.17, 15) is 24.3 Å². The molecule has 0 fully saturated rings. The van der Waals surface area contributed by atoms with Crippen molar-refractivity contribution in [1.82, 2.24) is 0 Å². The first-order chi connectivity index (χ1) is 17.8. The van der Waals surface area contributed by atoms with Gasteiger partial charge in [-0.2, -0.15) is 0 Å². The lowest BCUT2D eigenvalue weighted by Crippen LogP contribution is -2.57. The van der Waals surface area contributed by atoms with E-state index in [1.165, 1.54) is 12.1 Å². The van der Waals surface area contributed by atoms with Gasteiger partial charge in [-0.1, -0.05) is 35.9 Å². The number of aliphatic carboxylic acids is 1. The van der Waals surface area contributed by atoms with Crippen LogP contribution in [0.2, 0.25) is 0 Å². The second-order valence-corrected chi connectivity index (χ2v) is 9.09. The number of primary amides is 1. The van der Waals surface area contributed by atoms with Gasteiger partial charge in [-0.25, -0.2) is 9.59 Å². The molecule has 3 rings (SSSR count). The molecule has 3 aromatic rings. The van der Waals surface area contributed by atoms with Crippen LogP contribution in [0.25, 0.3) is 11.1 Å². The number of amides is 3. The molecule has 3 amide bonds. The molecule has 0 unspecified atom stereocenters. The van der Waals surface area contributed by atoms with Gasteiger partial charge in [-0.3, -0.25) is 9.59 Å². The summed E-state index contributed by atoms with van der Waals surface area (Å²) < 4.78 is 5.19. The number of anilines is 2. The lowest BCUT2D eigenvalue weighted by atomic mass is 9.85. The number of benzene rings is 3. The predicted molar refractivity (Wildman–Crippen MR) is 144 cm³/mol. The monoisotopic (exact) mass is 518 g/mol. The molecule has 0 saturated carbocycles. The zero-order chi connectivity index (χ0) is 28.2. The smallest absolute Gasteiger partial charge is 0.332 e. The molecule has 10 heteroatoms. The van der Waals surface area contributed by atoms with E-state index >= 15 is 0 Å². The number of nitrogens with one attached hydrogen (secondary N) is 2. The SMILES string of the molecule is COc1ccc(-c2ccc(C(=O)[C@](N)(CC(N)=O)C(=O)O)c(NC(=O)Nc3c(C)cc(C)cc3C)c2)cc1. The normalized spacial score (nSPS) is 12.2. The van der Waals surface area contributed by atoms with E-state index in [1.54, 1.807) is 37.4 Å². The first kappa shape index (κ1) is 27.9. The number of hydrogen-bond acceptors (Lipinski definition) is 6. The average molecular weight is 519 g/mol. The average Bonchev–Trinajstić information content (AvgIpc) is 2.85. The second-order valence-electron chi connectivity index (χ2n) is 9.09. The number of ketones is 1. The Hall–Kier alpha value is -4.70. The molecule has 0 saturated heterocycles. The van der Waals surface area contributed by atoms with Crippen LogP contribution in [0.15, 0.2) is 54.6 Å². The Morgan fingerprint density at radius 2 is 1.47 bits per heavy atom. The number of hydrogen-bond donors (Lipinski definition) is 5. The first-order valence-corrected chi connectivity index (χ1v) is 11.7. The van der Waals surface area contributed by atoms with Crippen molar-refractivity contribution in [3.8, 4) is 16.9 Å². The molecule has 0 aromatic heterocycles. The number of nitrogens with two attached hydrogens (primary N) is 2. The number of aryl methyl sites for hydroxylation is 3. The maximum atomic E-state index is 13.4. The number of rotatable bonds is 9. The molecule has 7 N–H and O–H groups in total. The van der Waals surface area contributed by atoms with Crippen molar-refractivity contribution in [2.24, 2.45) is 11.5 Å². The molecule has 10 nitrogen and oxygen atoms in total. The van der Waals surface area contributed by atoms with Crippen LogP contribution in [0.1, 0.15) is 33.5 Å². The Labute approximate surface area is 220 Å². The van der Waals surface area contributed by atoms with E-state index in [0.717, 1.165) is 22.3 Å². The molecule has 0 aliphatic rings. The van der Waals surface area contributed by atoms with Crippen molar-refractivity contribution in [1.29, 1.82) is 0 Å². The van der Waals surface area contributed by atoms with Crippen molar-refractivity contribution in [3.05, 3.63) is 76.9 Å². The minimum absolute atomic E-state index is 0.00350. The van der Waals surface area contributed by atoms with Crippen LogP contribution < -0.4 is 26.8 Å². The van der Waals surface area contributed by atoms with Crippen molar-refractivity contribution in [3.63, 3.8) is 0 Å². The third-order valence-corrected chi connectivity index (χ3v) is 6.09. The summed E-state index contributed by atoms with van der Waals surface area (Å²) >= 11 is 0. The maximum Gasteiger partial charge on any atom is 0.332 e. The van der Waals surface area contributed by atoms with Crippen LogP contribution >= 0.6 is 0 Å². The fraction of sp³-hybridized carbons (Fsp3) is 0.214. The van der Waals surface area contributed by atoms with Crippen LogP contribution in [0.5, 0.6) is 5.75 Å². The van der Waals surface area contributed by atoms with Gasteiger partial charge in [0.15, 0.2) is 11.3 Å². The van der Waals surface area contributed by atoms with Gasteiger partial charge >= 0.3 is 12.0 Å². The number of carboxylic acid groups (broad SMARTS) is 1. The van der Waals surface area contributed by atoms with Gasteiger partial charge in [-0.15, -0.1) is 0 Å². The first-order valence-electron chi connectivity index (χ1n) is 11.7.